The van der Waals surface area contributed by atoms with Crippen molar-refractivity contribution in [3.63, 3.8) is 0 Å². The van der Waals surface area contributed by atoms with Crippen molar-refractivity contribution in [1.29, 1.82) is 0 Å². The zero-order valence-electron chi connectivity index (χ0n) is 16.3. The molecule has 5 nitrogen and oxygen atoms in total. The minimum absolute atomic E-state index is 0.00363. The number of carbonyl (C=O) groups is 1. The summed E-state index contributed by atoms with van der Waals surface area (Å²) >= 11 is 1.31. The molecule has 1 aliphatic rings. The van der Waals surface area contributed by atoms with Crippen molar-refractivity contribution >= 4 is 28.6 Å². The summed E-state index contributed by atoms with van der Waals surface area (Å²) in [6, 6.07) is 17.1. The average molecular weight is 408 g/mol. The molecular formula is C23H25N3O2S. The zero-order chi connectivity index (χ0) is 20.1. The van der Waals surface area contributed by atoms with Crippen molar-refractivity contribution in [3.8, 4) is 5.69 Å². The number of amides is 1. The van der Waals surface area contributed by atoms with Crippen molar-refractivity contribution in [1.82, 2.24) is 14.9 Å². The van der Waals surface area contributed by atoms with E-state index in [-0.39, 0.29) is 23.3 Å². The maximum atomic E-state index is 13.2. The normalized spacial score (nSPS) is 15.2. The molecule has 1 fully saturated rings. The van der Waals surface area contributed by atoms with E-state index in [1.165, 1.54) is 37.4 Å². The molecule has 1 aliphatic carbocycles. The van der Waals surface area contributed by atoms with Crippen LogP contribution in [0.1, 0.15) is 38.5 Å². The molecule has 29 heavy (non-hydrogen) atoms. The highest BCUT2D eigenvalue weighted by Crippen LogP contribution is 2.22. The quantitative estimate of drug-likeness (QED) is 0.389. The molecule has 0 saturated heterocycles. The zero-order valence-corrected chi connectivity index (χ0v) is 17.2. The third-order valence-electron chi connectivity index (χ3n) is 5.31. The first-order valence-electron chi connectivity index (χ1n) is 10.2. The van der Waals surface area contributed by atoms with E-state index in [2.05, 4.69) is 5.32 Å². The molecule has 1 saturated carbocycles. The number of thioether (sulfide) groups is 1. The smallest absolute Gasteiger partial charge is 0.266 e. The number of nitrogens with zero attached hydrogens (tertiary/aromatic N) is 2. The summed E-state index contributed by atoms with van der Waals surface area (Å²) in [6.07, 6.45) is 6.98. The first-order valence-corrected chi connectivity index (χ1v) is 11.2. The molecule has 0 aliphatic heterocycles. The van der Waals surface area contributed by atoms with Gasteiger partial charge in [0.1, 0.15) is 0 Å². The van der Waals surface area contributed by atoms with E-state index in [4.69, 9.17) is 4.98 Å². The second-order valence-corrected chi connectivity index (χ2v) is 8.37. The lowest BCUT2D eigenvalue weighted by molar-refractivity contribution is -0.119. The van der Waals surface area contributed by atoms with E-state index in [1.54, 1.807) is 10.6 Å². The van der Waals surface area contributed by atoms with Crippen LogP contribution < -0.4 is 10.9 Å². The standard InChI is InChI=1S/C23H25N3O2S/c27-21(24-17-10-4-1-2-5-11-17)16-29-23-25-20-15-9-8-14-19(20)22(28)26(23)18-12-6-3-7-13-18/h3,6-9,12-15,17H,1-2,4-5,10-11,16H2,(H,24,27). The fourth-order valence-electron chi connectivity index (χ4n) is 3.84. The minimum atomic E-state index is -0.117. The minimum Gasteiger partial charge on any atom is -0.353 e. The van der Waals surface area contributed by atoms with E-state index < -0.39 is 0 Å². The van der Waals surface area contributed by atoms with E-state index >= 15 is 0 Å². The molecule has 0 spiro atoms. The van der Waals surface area contributed by atoms with Gasteiger partial charge in [0.25, 0.3) is 5.56 Å². The monoisotopic (exact) mass is 407 g/mol. The topological polar surface area (TPSA) is 64.0 Å². The molecule has 1 aromatic heterocycles. The Balaban J connectivity index is 1.59. The van der Waals surface area contributed by atoms with Crippen molar-refractivity contribution in [2.45, 2.75) is 49.7 Å². The van der Waals surface area contributed by atoms with Crippen LogP contribution in [0.4, 0.5) is 0 Å². The van der Waals surface area contributed by atoms with Gasteiger partial charge in [-0.25, -0.2) is 4.98 Å². The number of aromatic nitrogens is 2. The Hall–Kier alpha value is -2.60. The molecule has 150 valence electrons. The van der Waals surface area contributed by atoms with Gasteiger partial charge in [0.05, 0.1) is 22.3 Å². The molecule has 1 N–H and O–H groups in total. The van der Waals surface area contributed by atoms with Crippen LogP contribution in [0, 0.1) is 0 Å². The number of carbonyl (C=O) groups excluding carboxylic acids is 1. The Labute approximate surface area is 174 Å². The van der Waals surface area contributed by atoms with Crippen LogP contribution in [0.2, 0.25) is 0 Å². The molecule has 6 heteroatoms. The van der Waals surface area contributed by atoms with E-state index in [9.17, 15) is 9.59 Å². The van der Waals surface area contributed by atoms with Gasteiger partial charge in [-0.3, -0.25) is 14.2 Å². The number of hydrogen-bond acceptors (Lipinski definition) is 4. The summed E-state index contributed by atoms with van der Waals surface area (Å²) in [7, 11) is 0. The molecule has 2 aromatic carbocycles. The van der Waals surface area contributed by atoms with Crippen LogP contribution in [-0.2, 0) is 4.79 Å². The van der Waals surface area contributed by atoms with Gasteiger partial charge in [0.15, 0.2) is 5.16 Å². The molecular weight excluding hydrogens is 382 g/mol. The molecule has 3 aromatic rings. The van der Waals surface area contributed by atoms with Crippen LogP contribution in [0.5, 0.6) is 0 Å². The molecule has 0 bridgehead atoms. The summed E-state index contributed by atoms with van der Waals surface area (Å²) in [6.45, 7) is 0. The third kappa shape index (κ3) is 4.70. The fraction of sp³-hybridized carbons (Fsp3) is 0.348. The first kappa shape index (κ1) is 19.7. The SMILES string of the molecule is O=C(CSc1nc2ccccc2c(=O)n1-c1ccccc1)NC1CCCCCC1. The predicted octanol–water partition coefficient (Wildman–Crippen LogP) is 4.32. The molecule has 0 atom stereocenters. The molecule has 0 unspecified atom stereocenters. The van der Waals surface area contributed by atoms with Crippen LogP contribution in [0.3, 0.4) is 0 Å². The van der Waals surface area contributed by atoms with Crippen molar-refractivity contribution in [2.75, 3.05) is 5.75 Å². The van der Waals surface area contributed by atoms with Gasteiger partial charge in [-0.2, -0.15) is 0 Å². The summed E-state index contributed by atoms with van der Waals surface area (Å²) in [5.41, 5.74) is 1.28. The molecule has 1 amide bonds. The lowest BCUT2D eigenvalue weighted by Gasteiger charge is -2.17. The van der Waals surface area contributed by atoms with Gasteiger partial charge < -0.3 is 5.32 Å². The molecule has 0 radical (unpaired) electrons. The van der Waals surface area contributed by atoms with Gasteiger partial charge in [-0.15, -0.1) is 0 Å². The maximum absolute atomic E-state index is 13.2. The summed E-state index contributed by atoms with van der Waals surface area (Å²) in [5.74, 6) is 0.248. The Morgan fingerprint density at radius 2 is 1.69 bits per heavy atom. The van der Waals surface area contributed by atoms with Crippen molar-refractivity contribution in [2.24, 2.45) is 0 Å². The third-order valence-corrected chi connectivity index (χ3v) is 6.25. The highest BCUT2D eigenvalue weighted by Gasteiger charge is 2.17. The van der Waals surface area contributed by atoms with Crippen LogP contribution >= 0.6 is 11.8 Å². The Bertz CT molecular complexity index is 1040. The lowest BCUT2D eigenvalue weighted by atomic mass is 10.1. The average Bonchev–Trinajstić information content (AvgIpc) is 3.01. The summed E-state index contributed by atoms with van der Waals surface area (Å²) < 4.78 is 1.60. The maximum Gasteiger partial charge on any atom is 0.266 e. The number of nitrogens with one attached hydrogen (secondary N) is 1. The van der Waals surface area contributed by atoms with Crippen LogP contribution in [0.25, 0.3) is 16.6 Å². The van der Waals surface area contributed by atoms with Gasteiger partial charge in [0.2, 0.25) is 5.91 Å². The lowest BCUT2D eigenvalue weighted by Crippen LogP contribution is -2.35. The predicted molar refractivity (Wildman–Crippen MR) is 118 cm³/mol. The number of benzene rings is 2. The second-order valence-electron chi connectivity index (χ2n) is 7.43. The van der Waals surface area contributed by atoms with Gasteiger partial charge in [-0.05, 0) is 37.1 Å². The van der Waals surface area contributed by atoms with Crippen LogP contribution in [-0.4, -0.2) is 27.3 Å². The highest BCUT2D eigenvalue weighted by atomic mass is 32.2. The summed E-state index contributed by atoms with van der Waals surface area (Å²) in [5, 5.41) is 4.28. The van der Waals surface area contributed by atoms with E-state index in [0.29, 0.717) is 16.1 Å². The van der Waals surface area contributed by atoms with Gasteiger partial charge in [0, 0.05) is 6.04 Å². The van der Waals surface area contributed by atoms with Gasteiger partial charge >= 0.3 is 0 Å². The van der Waals surface area contributed by atoms with Gasteiger partial charge in [-0.1, -0.05) is 67.8 Å². The van der Waals surface area contributed by atoms with E-state index in [0.717, 1.165) is 18.5 Å². The largest absolute Gasteiger partial charge is 0.353 e. The number of hydrogen-bond donors (Lipinski definition) is 1. The van der Waals surface area contributed by atoms with Crippen LogP contribution in [0.15, 0.2) is 64.5 Å². The number of fused-ring (bicyclic) bond motifs is 1. The number of para-hydroxylation sites is 2. The number of rotatable bonds is 5. The molecule has 4 rings (SSSR count). The second kappa shape index (κ2) is 9.27. The van der Waals surface area contributed by atoms with E-state index in [1.807, 2.05) is 48.5 Å². The Morgan fingerprint density at radius 1 is 1.00 bits per heavy atom. The summed E-state index contributed by atoms with van der Waals surface area (Å²) in [4.78, 5) is 30.4. The first-order chi connectivity index (χ1) is 14.2. The van der Waals surface area contributed by atoms with Crippen molar-refractivity contribution < 1.29 is 4.79 Å². The Morgan fingerprint density at radius 3 is 2.45 bits per heavy atom. The Kier molecular flexibility index (Phi) is 6.30. The highest BCUT2D eigenvalue weighted by molar-refractivity contribution is 7.99. The fourth-order valence-corrected chi connectivity index (χ4v) is 4.66. The molecule has 1 heterocycles. The van der Waals surface area contributed by atoms with Crippen molar-refractivity contribution in [3.05, 3.63) is 65.0 Å².